The van der Waals surface area contributed by atoms with Crippen LogP contribution in [-0.2, 0) is 15.4 Å². The first-order valence-electron chi connectivity index (χ1n) is 6.59. The zero-order valence-corrected chi connectivity index (χ0v) is 15.6. The standard InChI is InChI=1S/C13H14BrCl2NO4S/c1-8-3-2-6-17(8,13(18)19)22(20,21)11-5-4-10(15)9(7-14)12(11)16/h4-5,8H,2-3,6-7H2,1H3/p+1/t8-,17?/m1/s1. The van der Waals surface area contributed by atoms with Crippen LogP contribution in [0.2, 0.25) is 10.0 Å². The number of nitrogens with zero attached hydrogens (tertiary/aromatic N) is 1. The summed E-state index contributed by atoms with van der Waals surface area (Å²) in [5, 5.41) is 10.2. The lowest BCUT2D eigenvalue weighted by Gasteiger charge is -2.31. The highest BCUT2D eigenvalue weighted by molar-refractivity contribution is 9.08. The Labute approximate surface area is 147 Å². The van der Waals surface area contributed by atoms with Crippen molar-refractivity contribution in [3.63, 3.8) is 0 Å². The van der Waals surface area contributed by atoms with E-state index in [0.717, 1.165) is 0 Å². The molecule has 1 fully saturated rings. The third kappa shape index (κ3) is 2.47. The van der Waals surface area contributed by atoms with E-state index in [2.05, 4.69) is 15.9 Å². The molecule has 1 N–H and O–H groups in total. The van der Waals surface area contributed by atoms with Crippen molar-refractivity contribution < 1.29 is 22.2 Å². The lowest BCUT2D eigenvalue weighted by atomic mass is 10.2. The van der Waals surface area contributed by atoms with E-state index >= 15 is 0 Å². The van der Waals surface area contributed by atoms with Crippen LogP contribution in [-0.4, -0.2) is 36.1 Å². The Bertz CT molecular complexity index is 725. The molecule has 1 aliphatic rings. The minimum Gasteiger partial charge on any atom is -0.435 e. The molecule has 1 aromatic rings. The van der Waals surface area contributed by atoms with Gasteiger partial charge in [-0.05, 0) is 19.1 Å². The number of carbonyl (C=O) groups is 1. The number of hydrogen-bond acceptors (Lipinski definition) is 3. The van der Waals surface area contributed by atoms with Crippen molar-refractivity contribution in [2.24, 2.45) is 0 Å². The van der Waals surface area contributed by atoms with E-state index in [9.17, 15) is 18.3 Å². The molecule has 2 atom stereocenters. The zero-order valence-electron chi connectivity index (χ0n) is 11.7. The predicted octanol–water partition coefficient (Wildman–Crippen LogP) is 4.25. The number of carboxylic acid groups (broad SMARTS) is 1. The molecule has 1 aliphatic heterocycles. The van der Waals surface area contributed by atoms with Crippen LogP contribution in [0.4, 0.5) is 4.79 Å². The van der Waals surface area contributed by atoms with Gasteiger partial charge in [0.05, 0.1) is 5.02 Å². The van der Waals surface area contributed by atoms with Crippen LogP contribution >= 0.6 is 39.1 Å². The van der Waals surface area contributed by atoms with E-state index < -0.39 is 26.0 Å². The highest BCUT2D eigenvalue weighted by Crippen LogP contribution is 2.40. The lowest BCUT2D eigenvalue weighted by Crippen LogP contribution is -2.58. The van der Waals surface area contributed by atoms with Gasteiger partial charge in [0.15, 0.2) is 0 Å². The number of quaternary nitrogens is 1. The summed E-state index contributed by atoms with van der Waals surface area (Å²) in [5.41, 5.74) is 0.430. The average Bonchev–Trinajstić information content (AvgIpc) is 2.82. The Balaban J connectivity index is 2.72. The van der Waals surface area contributed by atoms with E-state index in [1.54, 1.807) is 6.92 Å². The third-order valence-electron chi connectivity index (χ3n) is 4.14. The molecule has 22 heavy (non-hydrogen) atoms. The van der Waals surface area contributed by atoms with Gasteiger partial charge in [-0.25, -0.2) is 0 Å². The molecule has 1 heterocycles. The van der Waals surface area contributed by atoms with E-state index in [1.165, 1.54) is 12.1 Å². The van der Waals surface area contributed by atoms with Gasteiger partial charge in [-0.2, -0.15) is 13.2 Å². The van der Waals surface area contributed by atoms with Crippen LogP contribution < -0.4 is 0 Å². The van der Waals surface area contributed by atoms with Crippen LogP contribution in [0.5, 0.6) is 0 Å². The first kappa shape index (κ1) is 18.0. The van der Waals surface area contributed by atoms with Crippen molar-refractivity contribution in [3.05, 3.63) is 27.7 Å². The Morgan fingerprint density at radius 3 is 2.55 bits per heavy atom. The summed E-state index contributed by atoms with van der Waals surface area (Å²) < 4.78 is 25.1. The van der Waals surface area contributed by atoms with Gasteiger partial charge < -0.3 is 5.11 Å². The first-order chi connectivity index (χ1) is 10.2. The summed E-state index contributed by atoms with van der Waals surface area (Å²) in [6.45, 7) is 1.66. The molecular weight excluding hydrogens is 417 g/mol. The van der Waals surface area contributed by atoms with Gasteiger partial charge in [0.25, 0.3) is 0 Å². The molecule has 0 aromatic heterocycles. The van der Waals surface area contributed by atoms with Crippen molar-refractivity contribution in [1.29, 1.82) is 0 Å². The SMILES string of the molecule is C[C@@H]1CCC[N+]1(C(=O)O)S(=O)(=O)c1ccc(Cl)c(CBr)c1Cl. The number of hydrogen-bond donors (Lipinski definition) is 1. The molecule has 0 radical (unpaired) electrons. The summed E-state index contributed by atoms with van der Waals surface area (Å²) in [6.07, 6.45) is -0.318. The molecule has 0 aliphatic carbocycles. The molecule has 2 rings (SSSR count). The molecule has 1 saturated heterocycles. The zero-order chi connectivity index (χ0) is 16.7. The average molecular weight is 432 g/mol. The van der Waals surface area contributed by atoms with Crippen molar-refractivity contribution in [1.82, 2.24) is 0 Å². The molecule has 9 heteroatoms. The van der Waals surface area contributed by atoms with E-state index in [1.807, 2.05) is 0 Å². The Kier molecular flexibility index (Phi) is 5.14. The number of sulfonamides is 1. The maximum Gasteiger partial charge on any atom is 0.529 e. The van der Waals surface area contributed by atoms with Crippen LogP contribution in [0.15, 0.2) is 17.0 Å². The second kappa shape index (κ2) is 6.28. The number of benzene rings is 1. The fourth-order valence-corrected chi connectivity index (χ4v) is 6.66. The maximum atomic E-state index is 13.1. The normalized spacial score (nSPS) is 25.4. The molecule has 1 amide bonds. The predicted molar refractivity (Wildman–Crippen MR) is 88.1 cm³/mol. The summed E-state index contributed by atoms with van der Waals surface area (Å²) in [5.74, 6) is 0. The van der Waals surface area contributed by atoms with Crippen molar-refractivity contribution in [2.75, 3.05) is 6.54 Å². The van der Waals surface area contributed by atoms with Gasteiger partial charge in [0.1, 0.15) is 17.5 Å². The van der Waals surface area contributed by atoms with E-state index in [4.69, 9.17) is 23.2 Å². The largest absolute Gasteiger partial charge is 0.529 e. The molecular formula is C13H15BrCl2NO4S+. The number of rotatable bonds is 3. The molecule has 1 unspecified atom stereocenters. The maximum absolute atomic E-state index is 13.1. The second-order valence-corrected chi connectivity index (χ2v) is 8.63. The molecule has 122 valence electrons. The Hall–Kier alpha value is -0.340. The fourth-order valence-electron chi connectivity index (χ4n) is 2.87. The number of likely N-dealkylation sites (tertiary alicyclic amines) is 1. The van der Waals surface area contributed by atoms with Gasteiger partial charge in [0.2, 0.25) is 0 Å². The summed E-state index contributed by atoms with van der Waals surface area (Å²) in [6, 6.07) is 2.16. The highest BCUT2D eigenvalue weighted by Gasteiger charge is 2.58. The monoisotopic (exact) mass is 430 g/mol. The number of halogens is 3. The number of amides is 1. The first-order valence-corrected chi connectivity index (χ1v) is 9.91. The van der Waals surface area contributed by atoms with Crippen molar-refractivity contribution in [2.45, 2.75) is 36.0 Å². The van der Waals surface area contributed by atoms with Crippen molar-refractivity contribution in [3.8, 4) is 0 Å². The number of alkyl halides is 1. The molecule has 5 nitrogen and oxygen atoms in total. The van der Waals surface area contributed by atoms with Gasteiger partial charge in [0, 0.05) is 28.8 Å². The van der Waals surface area contributed by atoms with Crippen molar-refractivity contribution >= 4 is 55.2 Å². The van der Waals surface area contributed by atoms with Crippen LogP contribution in [0.1, 0.15) is 25.3 Å². The Morgan fingerprint density at radius 2 is 2.09 bits per heavy atom. The van der Waals surface area contributed by atoms with E-state index in [-0.39, 0.29) is 21.8 Å². The van der Waals surface area contributed by atoms with Gasteiger partial charge in [-0.15, -0.1) is 3.89 Å². The molecule has 0 bridgehead atoms. The smallest absolute Gasteiger partial charge is 0.435 e. The molecule has 1 aromatic carbocycles. The van der Waals surface area contributed by atoms with Gasteiger partial charge in [-0.1, -0.05) is 39.1 Å². The second-order valence-electron chi connectivity index (χ2n) is 5.24. The minimum absolute atomic E-state index is 0.0257. The quantitative estimate of drug-likeness (QED) is 0.573. The molecule has 0 spiro atoms. The van der Waals surface area contributed by atoms with Gasteiger partial charge >= 0.3 is 16.1 Å². The topological polar surface area (TPSA) is 71.4 Å². The van der Waals surface area contributed by atoms with Crippen LogP contribution in [0.3, 0.4) is 0 Å². The fraction of sp³-hybridized carbons (Fsp3) is 0.462. The molecule has 0 saturated carbocycles. The van der Waals surface area contributed by atoms with Crippen LogP contribution in [0.25, 0.3) is 0 Å². The third-order valence-corrected chi connectivity index (χ3v) is 8.05. The van der Waals surface area contributed by atoms with Crippen LogP contribution in [0, 0.1) is 0 Å². The highest BCUT2D eigenvalue weighted by atomic mass is 79.9. The minimum atomic E-state index is -4.20. The summed E-state index contributed by atoms with van der Waals surface area (Å²) >= 11 is 15.4. The Morgan fingerprint density at radius 1 is 1.45 bits per heavy atom. The lowest BCUT2D eigenvalue weighted by molar-refractivity contribution is -0.741. The summed E-state index contributed by atoms with van der Waals surface area (Å²) in [4.78, 5) is 11.6. The van der Waals surface area contributed by atoms with Gasteiger partial charge in [-0.3, -0.25) is 0 Å². The summed E-state index contributed by atoms with van der Waals surface area (Å²) in [7, 11) is -4.20. The van der Waals surface area contributed by atoms with E-state index in [0.29, 0.717) is 23.4 Å².